The number of hydrogen-bond acceptors (Lipinski definition) is 0. The van der Waals surface area contributed by atoms with Crippen molar-refractivity contribution in [3.63, 3.8) is 0 Å². The SMILES string of the molecule is C#CC#CC#CC#CC#C.C#CC#CC#CC#CC#C.CC#CC#CC#CC#CC#CC#CC#CC#CC#CC.[HH].[HH].[HH].[HH].[HH].[HH].[HH].[HH].[HH]. The van der Waals surface area contributed by atoms with Crippen LogP contribution in [0.4, 0.5) is 0 Å². The molecule has 0 aromatic heterocycles. The Bertz CT molecular complexity index is 1880. The van der Waals surface area contributed by atoms with Gasteiger partial charge < -0.3 is 0 Å². The third-order valence-corrected chi connectivity index (χ3v) is 2.10. The zero-order chi connectivity index (χ0) is 30.0. The molecule has 0 aromatic carbocycles. The summed E-state index contributed by atoms with van der Waals surface area (Å²) < 4.78 is 0. The first-order valence-corrected chi connectivity index (χ1v) is 9.90. The summed E-state index contributed by atoms with van der Waals surface area (Å²) in [4.78, 5) is 0. The van der Waals surface area contributed by atoms with Gasteiger partial charge in [-0.05, 0) is 203 Å². The van der Waals surface area contributed by atoms with Crippen molar-refractivity contribution in [1.82, 2.24) is 0 Å². The second kappa shape index (κ2) is 40.9. The van der Waals surface area contributed by atoms with Gasteiger partial charge in [0.25, 0.3) is 0 Å². The van der Waals surface area contributed by atoms with Crippen LogP contribution in [0, 0.1) is 227 Å². The van der Waals surface area contributed by atoms with Crippen LogP contribution in [0.1, 0.15) is 26.7 Å². The molecule has 0 aliphatic heterocycles. The van der Waals surface area contributed by atoms with Crippen LogP contribution in [0.3, 0.4) is 0 Å². The summed E-state index contributed by atoms with van der Waals surface area (Å²) >= 11 is 0. The molecule has 40 heavy (non-hydrogen) atoms. The minimum atomic E-state index is 0. The smallest absolute Gasteiger partial charge is 0 e. The topological polar surface area (TPSA) is 0 Å². The first kappa shape index (κ1) is 36.2. The van der Waals surface area contributed by atoms with Gasteiger partial charge in [-0.2, -0.15) is 0 Å². The molecule has 0 saturated carbocycles. The lowest BCUT2D eigenvalue weighted by molar-refractivity contribution is 1.92. The van der Waals surface area contributed by atoms with Gasteiger partial charge in [0.2, 0.25) is 0 Å². The number of terminal acetylenes is 4. The Balaban J connectivity index is -0.0000000413. The lowest BCUT2D eigenvalue weighted by Crippen LogP contribution is -1.56. The molecule has 0 aromatic rings. The van der Waals surface area contributed by atoms with E-state index in [1.54, 1.807) is 13.8 Å². The van der Waals surface area contributed by atoms with E-state index in [1.807, 2.05) is 0 Å². The third-order valence-electron chi connectivity index (χ3n) is 2.10. The fraction of sp³-hybridized carbons (Fsp3) is 0.0500. The van der Waals surface area contributed by atoms with E-state index < -0.39 is 0 Å². The van der Waals surface area contributed by atoms with Crippen LogP contribution in [0.5, 0.6) is 0 Å². The number of rotatable bonds is 0. The van der Waals surface area contributed by atoms with Gasteiger partial charge in [-0.3, -0.25) is 0 Å². The second-order valence-corrected chi connectivity index (χ2v) is 4.58. The molecule has 0 bridgehead atoms. The molecule has 0 nitrogen and oxygen atoms in total. The third kappa shape index (κ3) is 47.4. The molecule has 0 saturated heterocycles. The van der Waals surface area contributed by atoms with Crippen molar-refractivity contribution in [2.45, 2.75) is 13.8 Å². The number of hydrogen-bond donors (Lipinski definition) is 0. The van der Waals surface area contributed by atoms with Crippen molar-refractivity contribution in [2.24, 2.45) is 0 Å². The van der Waals surface area contributed by atoms with Gasteiger partial charge in [0, 0.05) is 12.8 Å². The normalized spacial score (nSPS) is 3.65. The maximum atomic E-state index is 4.81. The Morgan fingerprint density at radius 2 is 0.350 bits per heavy atom. The Kier molecular flexibility index (Phi) is 37.1. The van der Waals surface area contributed by atoms with E-state index in [2.05, 4.69) is 201 Å². The van der Waals surface area contributed by atoms with Crippen LogP contribution < -0.4 is 0 Å². The highest BCUT2D eigenvalue weighted by atomic mass is 13.6. The van der Waals surface area contributed by atoms with Gasteiger partial charge >= 0.3 is 0 Å². The predicted molar refractivity (Wildman–Crippen MR) is 182 cm³/mol. The zero-order valence-electron chi connectivity index (χ0n) is 21.3. The standard InChI is InChI=1S/C20H6.2C10H2.9H2/c1-3-5-7-9-11-13-15-17-19-20-18-16-14-12-10-8-6-4-2;2*1-3-5-7-9-10-8-6-4-2;;;;;;;;;/h1-2H3;2*1-2H;9*1H. The van der Waals surface area contributed by atoms with Crippen molar-refractivity contribution >= 4 is 0 Å². The molecule has 0 rings (SSSR count). The van der Waals surface area contributed by atoms with Crippen LogP contribution in [0.2, 0.25) is 0 Å². The van der Waals surface area contributed by atoms with E-state index >= 15 is 0 Å². The van der Waals surface area contributed by atoms with Gasteiger partial charge in [0.15, 0.2) is 0 Å². The lowest BCUT2D eigenvalue weighted by Gasteiger charge is -1.56. The van der Waals surface area contributed by atoms with E-state index in [0.29, 0.717) is 0 Å². The summed E-state index contributed by atoms with van der Waals surface area (Å²) in [6, 6.07) is 0. The predicted octanol–water partition coefficient (Wildman–Crippen LogP) is 3.80. The van der Waals surface area contributed by atoms with Crippen molar-refractivity contribution in [2.75, 3.05) is 0 Å². The van der Waals surface area contributed by atoms with Crippen LogP contribution >= 0.6 is 0 Å². The van der Waals surface area contributed by atoms with E-state index in [9.17, 15) is 0 Å². The molecule has 0 aliphatic carbocycles. The molecule has 0 fully saturated rings. The average Bonchev–Trinajstić information content (AvgIpc) is 2.97. The Morgan fingerprint density at radius 1 is 0.225 bits per heavy atom. The molecule has 0 unspecified atom stereocenters. The fourth-order valence-electron chi connectivity index (χ4n) is 0.957. The summed E-state index contributed by atoms with van der Waals surface area (Å²) in [6.07, 6.45) is 19.2. The zero-order valence-corrected chi connectivity index (χ0v) is 21.3. The van der Waals surface area contributed by atoms with Gasteiger partial charge in [-0.15, -0.1) is 25.7 Å². The van der Waals surface area contributed by atoms with Crippen LogP contribution in [0.25, 0.3) is 0 Å². The molecule has 188 valence electrons. The molecule has 0 heteroatoms. The highest BCUT2D eigenvalue weighted by Crippen LogP contribution is 1.59. The quantitative estimate of drug-likeness (QED) is 0.437. The molecular formula is C40H28. The van der Waals surface area contributed by atoms with Crippen molar-refractivity contribution in [3.8, 4) is 227 Å². The first-order valence-electron chi connectivity index (χ1n) is 9.90. The highest BCUT2D eigenvalue weighted by molar-refractivity contribution is 5.47. The van der Waals surface area contributed by atoms with E-state index in [0.717, 1.165) is 0 Å². The molecule has 0 spiro atoms. The minimum Gasteiger partial charge on any atom is -0.106 e. The maximum absolute atomic E-state index is 4.81. The van der Waals surface area contributed by atoms with E-state index in [4.69, 9.17) is 25.7 Å². The van der Waals surface area contributed by atoms with Gasteiger partial charge in [-0.1, -0.05) is 11.8 Å². The van der Waals surface area contributed by atoms with Crippen LogP contribution in [0.15, 0.2) is 0 Å². The van der Waals surface area contributed by atoms with Crippen LogP contribution in [-0.4, -0.2) is 0 Å². The summed E-state index contributed by atoms with van der Waals surface area (Å²) in [7, 11) is 0. The van der Waals surface area contributed by atoms with E-state index in [-0.39, 0.29) is 12.8 Å². The molecule has 0 heterocycles. The molecule has 0 radical (unpaired) electrons. The Morgan fingerprint density at radius 3 is 0.475 bits per heavy atom. The highest BCUT2D eigenvalue weighted by Gasteiger charge is 1.58. The van der Waals surface area contributed by atoms with Gasteiger partial charge in [-0.25, -0.2) is 0 Å². The molecule has 0 aliphatic rings. The first-order chi connectivity index (χ1) is 19.7. The van der Waals surface area contributed by atoms with Gasteiger partial charge in [0.1, 0.15) is 0 Å². The lowest BCUT2D eigenvalue weighted by atomic mass is 10.5. The summed E-state index contributed by atoms with van der Waals surface area (Å²) in [5.74, 6) is 82.4. The molecule has 0 N–H and O–H groups in total. The Labute approximate surface area is 253 Å². The molecular weight excluding hydrogens is 480 g/mol. The molecule has 0 amide bonds. The Hall–Kier alpha value is -8.36. The van der Waals surface area contributed by atoms with Crippen LogP contribution in [-0.2, 0) is 0 Å². The van der Waals surface area contributed by atoms with Crippen molar-refractivity contribution in [1.29, 1.82) is 0 Å². The van der Waals surface area contributed by atoms with Crippen molar-refractivity contribution in [3.05, 3.63) is 0 Å². The second-order valence-electron chi connectivity index (χ2n) is 4.58. The monoisotopic (exact) mass is 508 g/mol. The largest absolute Gasteiger partial charge is 0.106 e. The van der Waals surface area contributed by atoms with Gasteiger partial charge in [0.05, 0.1) is 0 Å². The fourth-order valence-corrected chi connectivity index (χ4v) is 0.957. The molecule has 0 atom stereocenters. The van der Waals surface area contributed by atoms with Crippen molar-refractivity contribution < 1.29 is 12.8 Å². The summed E-state index contributed by atoms with van der Waals surface area (Å²) in [5, 5.41) is 0. The minimum absolute atomic E-state index is 0. The summed E-state index contributed by atoms with van der Waals surface area (Å²) in [5.41, 5.74) is 0. The van der Waals surface area contributed by atoms with E-state index in [1.165, 1.54) is 0 Å². The maximum Gasteiger partial charge on any atom is 0 e. The average molecular weight is 509 g/mol. The summed E-state index contributed by atoms with van der Waals surface area (Å²) in [6.45, 7) is 3.41.